The third kappa shape index (κ3) is 3.61. The van der Waals surface area contributed by atoms with Crippen molar-refractivity contribution in [2.45, 2.75) is 12.5 Å². The van der Waals surface area contributed by atoms with E-state index in [1.807, 2.05) is 0 Å². The van der Waals surface area contributed by atoms with E-state index in [-0.39, 0.29) is 6.54 Å². The molecule has 0 fully saturated rings. The number of aliphatic hydroxyl groups excluding tert-OH is 1. The number of carbonyl (C=O) groups is 1. The molecule has 6 heteroatoms. The summed E-state index contributed by atoms with van der Waals surface area (Å²) in [5.74, 6) is -0.0447. The molecule has 18 heavy (non-hydrogen) atoms. The number of methoxy groups -OCH3 is 1. The lowest BCUT2D eigenvalue weighted by Gasteiger charge is -2.20. The fourth-order valence-corrected chi connectivity index (χ4v) is 1.32. The van der Waals surface area contributed by atoms with Gasteiger partial charge in [-0.3, -0.25) is 4.79 Å². The van der Waals surface area contributed by atoms with E-state index in [4.69, 9.17) is 15.6 Å². The molecule has 0 aliphatic heterocycles. The van der Waals surface area contributed by atoms with Gasteiger partial charge in [0.15, 0.2) is 0 Å². The zero-order valence-electron chi connectivity index (χ0n) is 10.4. The van der Waals surface area contributed by atoms with Crippen LogP contribution in [0.4, 0.5) is 5.69 Å². The summed E-state index contributed by atoms with van der Waals surface area (Å²) >= 11 is 0. The lowest BCUT2D eigenvalue weighted by Crippen LogP contribution is -2.43. The molecule has 1 aromatic carbocycles. The number of nitrogens with two attached hydrogens (primary N) is 1. The average molecular weight is 254 g/mol. The Morgan fingerprint density at radius 1 is 1.56 bits per heavy atom. The third-order valence-corrected chi connectivity index (χ3v) is 2.44. The molecule has 0 saturated heterocycles. The summed E-state index contributed by atoms with van der Waals surface area (Å²) in [6.07, 6.45) is 0. The fourth-order valence-electron chi connectivity index (χ4n) is 1.32. The van der Waals surface area contributed by atoms with Crippen LogP contribution in [0.15, 0.2) is 18.2 Å². The summed E-state index contributed by atoms with van der Waals surface area (Å²) in [5, 5.41) is 21.0. The van der Waals surface area contributed by atoms with Crippen LogP contribution < -0.4 is 15.8 Å². The Balaban J connectivity index is 2.79. The smallest absolute Gasteiger partial charge is 0.255 e. The second kappa shape index (κ2) is 5.70. The maximum Gasteiger partial charge on any atom is 0.255 e. The molecule has 0 heterocycles. The van der Waals surface area contributed by atoms with Crippen LogP contribution in [0.25, 0.3) is 0 Å². The van der Waals surface area contributed by atoms with Gasteiger partial charge < -0.3 is 26.0 Å². The minimum Gasteiger partial charge on any atom is -0.496 e. The largest absolute Gasteiger partial charge is 0.496 e. The zero-order valence-corrected chi connectivity index (χ0v) is 10.4. The van der Waals surface area contributed by atoms with Crippen LogP contribution in [0.1, 0.15) is 17.3 Å². The molecule has 1 unspecified atom stereocenters. The lowest BCUT2D eigenvalue weighted by molar-refractivity contribution is 0.00318. The number of amides is 1. The van der Waals surface area contributed by atoms with E-state index >= 15 is 0 Å². The Labute approximate surface area is 105 Å². The van der Waals surface area contributed by atoms with Crippen molar-refractivity contribution in [1.82, 2.24) is 5.32 Å². The van der Waals surface area contributed by atoms with Gasteiger partial charge in [0.25, 0.3) is 5.91 Å². The molecule has 0 spiro atoms. The number of nitrogens with one attached hydrogen (secondary N) is 1. The monoisotopic (exact) mass is 254 g/mol. The van der Waals surface area contributed by atoms with Gasteiger partial charge in [-0.25, -0.2) is 0 Å². The van der Waals surface area contributed by atoms with E-state index in [2.05, 4.69) is 5.32 Å². The molecule has 1 atom stereocenters. The third-order valence-electron chi connectivity index (χ3n) is 2.44. The summed E-state index contributed by atoms with van der Waals surface area (Å²) in [7, 11) is 1.44. The number of hydrogen-bond donors (Lipinski definition) is 4. The van der Waals surface area contributed by atoms with Crippen molar-refractivity contribution in [2.75, 3.05) is 26.0 Å². The number of anilines is 1. The maximum absolute atomic E-state index is 11.9. The number of benzene rings is 1. The molecule has 1 aromatic rings. The number of ether oxygens (including phenoxy) is 1. The van der Waals surface area contributed by atoms with Crippen molar-refractivity contribution < 1.29 is 19.7 Å². The van der Waals surface area contributed by atoms with E-state index in [9.17, 15) is 9.90 Å². The van der Waals surface area contributed by atoms with Crippen LogP contribution in [-0.2, 0) is 0 Å². The first-order chi connectivity index (χ1) is 8.39. The summed E-state index contributed by atoms with van der Waals surface area (Å²) in [5.41, 5.74) is 5.04. The SMILES string of the molecule is COc1cc(N)ccc1C(=O)NCC(C)(O)CO. The molecule has 0 aliphatic carbocycles. The molecule has 0 radical (unpaired) electrons. The van der Waals surface area contributed by atoms with Gasteiger partial charge in [0, 0.05) is 18.3 Å². The average Bonchev–Trinajstić information content (AvgIpc) is 2.36. The minimum absolute atomic E-state index is 0.0597. The van der Waals surface area contributed by atoms with Crippen molar-refractivity contribution in [3.05, 3.63) is 23.8 Å². The second-order valence-corrected chi connectivity index (χ2v) is 4.30. The number of rotatable bonds is 5. The summed E-state index contributed by atoms with van der Waals surface area (Å²) in [6, 6.07) is 4.66. The van der Waals surface area contributed by atoms with E-state index < -0.39 is 18.1 Å². The zero-order chi connectivity index (χ0) is 13.8. The van der Waals surface area contributed by atoms with Crippen molar-refractivity contribution in [3.63, 3.8) is 0 Å². The van der Waals surface area contributed by atoms with Crippen molar-refractivity contribution in [3.8, 4) is 5.75 Å². The summed E-state index contributed by atoms with van der Waals surface area (Å²) in [4.78, 5) is 11.9. The van der Waals surface area contributed by atoms with E-state index in [0.717, 1.165) is 0 Å². The van der Waals surface area contributed by atoms with E-state index in [0.29, 0.717) is 17.0 Å². The van der Waals surface area contributed by atoms with Crippen LogP contribution in [0, 0.1) is 0 Å². The molecule has 1 rings (SSSR count). The van der Waals surface area contributed by atoms with Crippen LogP contribution in [0.3, 0.4) is 0 Å². The molecule has 0 aromatic heterocycles. The highest BCUT2D eigenvalue weighted by molar-refractivity contribution is 5.97. The molecule has 0 saturated carbocycles. The van der Waals surface area contributed by atoms with Crippen LogP contribution in [0.2, 0.25) is 0 Å². The lowest BCUT2D eigenvalue weighted by atomic mass is 10.1. The molecular formula is C12H18N2O4. The highest BCUT2D eigenvalue weighted by atomic mass is 16.5. The number of nitrogen functional groups attached to an aromatic ring is 1. The minimum atomic E-state index is -1.35. The summed E-state index contributed by atoms with van der Waals surface area (Å²) < 4.78 is 5.05. The Hall–Kier alpha value is -1.79. The van der Waals surface area contributed by atoms with Crippen molar-refractivity contribution in [2.24, 2.45) is 0 Å². The van der Waals surface area contributed by atoms with Crippen molar-refractivity contribution >= 4 is 11.6 Å². The van der Waals surface area contributed by atoms with Crippen LogP contribution >= 0.6 is 0 Å². The van der Waals surface area contributed by atoms with Gasteiger partial charge in [0.05, 0.1) is 19.3 Å². The first kappa shape index (κ1) is 14.3. The highest BCUT2D eigenvalue weighted by Gasteiger charge is 2.21. The first-order valence-electron chi connectivity index (χ1n) is 5.44. The predicted molar refractivity (Wildman–Crippen MR) is 67.4 cm³/mol. The Kier molecular flexibility index (Phi) is 4.52. The topological polar surface area (TPSA) is 105 Å². The molecule has 1 amide bonds. The van der Waals surface area contributed by atoms with Gasteiger partial charge in [0.1, 0.15) is 11.4 Å². The Morgan fingerprint density at radius 2 is 2.22 bits per heavy atom. The van der Waals surface area contributed by atoms with E-state index in [1.54, 1.807) is 12.1 Å². The number of carbonyl (C=O) groups excluding carboxylic acids is 1. The van der Waals surface area contributed by atoms with Gasteiger partial charge >= 0.3 is 0 Å². The molecule has 0 bridgehead atoms. The van der Waals surface area contributed by atoms with Crippen molar-refractivity contribution in [1.29, 1.82) is 0 Å². The van der Waals surface area contributed by atoms with E-state index in [1.165, 1.54) is 20.1 Å². The second-order valence-electron chi connectivity index (χ2n) is 4.30. The predicted octanol–water partition coefficient (Wildman–Crippen LogP) is -0.249. The number of hydrogen-bond acceptors (Lipinski definition) is 5. The quantitative estimate of drug-likeness (QED) is 0.542. The van der Waals surface area contributed by atoms with Gasteiger partial charge in [0.2, 0.25) is 0 Å². The normalized spacial score (nSPS) is 13.8. The molecule has 6 nitrogen and oxygen atoms in total. The van der Waals surface area contributed by atoms with Crippen LogP contribution in [0.5, 0.6) is 5.75 Å². The fraction of sp³-hybridized carbons (Fsp3) is 0.417. The standard InChI is InChI=1S/C12H18N2O4/c1-12(17,7-15)6-14-11(16)9-4-3-8(13)5-10(9)18-2/h3-5,15,17H,6-7,13H2,1-2H3,(H,14,16). The molecule has 0 aliphatic rings. The first-order valence-corrected chi connectivity index (χ1v) is 5.44. The van der Waals surface area contributed by atoms with Gasteiger partial charge in [-0.05, 0) is 19.1 Å². The molecule has 100 valence electrons. The Morgan fingerprint density at radius 3 is 2.78 bits per heavy atom. The summed E-state index contributed by atoms with van der Waals surface area (Å²) in [6.45, 7) is 0.926. The molecular weight excluding hydrogens is 236 g/mol. The molecule has 5 N–H and O–H groups in total. The van der Waals surface area contributed by atoms with Gasteiger partial charge in [-0.15, -0.1) is 0 Å². The number of aliphatic hydroxyl groups is 2. The van der Waals surface area contributed by atoms with Crippen LogP contribution in [-0.4, -0.2) is 42.0 Å². The highest BCUT2D eigenvalue weighted by Crippen LogP contribution is 2.21. The maximum atomic E-state index is 11.9. The van der Waals surface area contributed by atoms with Gasteiger partial charge in [-0.1, -0.05) is 0 Å². The van der Waals surface area contributed by atoms with Gasteiger partial charge in [-0.2, -0.15) is 0 Å². The Bertz CT molecular complexity index is 432.